The van der Waals surface area contributed by atoms with E-state index in [-0.39, 0.29) is 23.9 Å². The van der Waals surface area contributed by atoms with Crippen molar-refractivity contribution in [2.24, 2.45) is 11.7 Å². The Hall–Kier alpha value is -0.940. The van der Waals surface area contributed by atoms with E-state index in [2.05, 4.69) is 11.9 Å². The van der Waals surface area contributed by atoms with Gasteiger partial charge in [-0.15, -0.1) is 11.3 Å². The molecule has 1 amide bonds. The molecule has 1 heterocycles. The highest BCUT2D eigenvalue weighted by atomic mass is 32.1. The first-order valence-corrected chi connectivity index (χ1v) is 8.36. The molecule has 2 aliphatic carbocycles. The molecular weight excluding hydrogens is 270 g/mol. The topological polar surface area (TPSA) is 59.2 Å². The van der Waals surface area contributed by atoms with Crippen molar-refractivity contribution in [1.82, 2.24) is 9.88 Å². The number of thiazole rings is 1. The van der Waals surface area contributed by atoms with Gasteiger partial charge in [0.05, 0.1) is 21.6 Å². The van der Waals surface area contributed by atoms with Gasteiger partial charge in [-0.1, -0.05) is 0 Å². The van der Waals surface area contributed by atoms with Crippen LogP contribution in [0.1, 0.15) is 53.7 Å². The van der Waals surface area contributed by atoms with Gasteiger partial charge in [-0.25, -0.2) is 4.98 Å². The number of aryl methyl sites for hydroxylation is 2. The Balaban J connectivity index is 1.77. The van der Waals surface area contributed by atoms with E-state index in [1.807, 2.05) is 11.9 Å². The predicted octanol–water partition coefficient (Wildman–Crippen LogP) is 2.41. The molecule has 0 spiro atoms. The molecule has 1 fully saturated rings. The summed E-state index contributed by atoms with van der Waals surface area (Å²) in [6.07, 6.45) is 6.04. The first kappa shape index (κ1) is 14.0. The van der Waals surface area contributed by atoms with E-state index in [4.69, 9.17) is 5.73 Å². The van der Waals surface area contributed by atoms with Crippen LogP contribution in [-0.2, 0) is 11.2 Å². The van der Waals surface area contributed by atoms with Crippen LogP contribution in [0.3, 0.4) is 0 Å². The lowest BCUT2D eigenvalue weighted by Crippen LogP contribution is -2.36. The molecule has 0 aromatic carbocycles. The van der Waals surface area contributed by atoms with Crippen LogP contribution in [0.4, 0.5) is 0 Å². The molecule has 20 heavy (non-hydrogen) atoms. The normalized spacial score (nSPS) is 29.2. The van der Waals surface area contributed by atoms with Gasteiger partial charge in [0, 0.05) is 19.0 Å². The van der Waals surface area contributed by atoms with Crippen LogP contribution in [-0.4, -0.2) is 28.9 Å². The lowest BCUT2D eigenvalue weighted by molar-refractivity contribution is -0.136. The van der Waals surface area contributed by atoms with Crippen LogP contribution >= 0.6 is 11.3 Å². The standard InChI is InChI=1S/C15H23N3OS/c1-9-17-12-4-3-5-13(14(12)20-9)18(2)15(19)10-6-7-11(16)8-10/h10-11,13H,3-8,16H2,1-2H3. The maximum Gasteiger partial charge on any atom is 0.226 e. The minimum Gasteiger partial charge on any atom is -0.338 e. The average molecular weight is 293 g/mol. The number of rotatable bonds is 2. The molecule has 0 radical (unpaired) electrons. The Morgan fingerprint density at radius 2 is 2.20 bits per heavy atom. The lowest BCUT2D eigenvalue weighted by atomic mass is 9.95. The summed E-state index contributed by atoms with van der Waals surface area (Å²) in [5, 5.41) is 1.12. The quantitative estimate of drug-likeness (QED) is 0.911. The molecule has 0 bridgehead atoms. The molecule has 3 atom stereocenters. The van der Waals surface area contributed by atoms with Crippen molar-refractivity contribution < 1.29 is 4.79 Å². The van der Waals surface area contributed by atoms with Gasteiger partial charge < -0.3 is 10.6 Å². The second-order valence-corrected chi connectivity index (χ2v) is 7.41. The van der Waals surface area contributed by atoms with Crippen molar-refractivity contribution in [3.63, 3.8) is 0 Å². The minimum atomic E-state index is 0.134. The van der Waals surface area contributed by atoms with Crippen molar-refractivity contribution >= 4 is 17.2 Å². The third kappa shape index (κ3) is 2.49. The van der Waals surface area contributed by atoms with Gasteiger partial charge in [-0.05, 0) is 45.4 Å². The van der Waals surface area contributed by atoms with E-state index in [1.54, 1.807) is 11.3 Å². The van der Waals surface area contributed by atoms with E-state index < -0.39 is 0 Å². The van der Waals surface area contributed by atoms with Crippen molar-refractivity contribution in [3.05, 3.63) is 15.6 Å². The van der Waals surface area contributed by atoms with Crippen molar-refractivity contribution in [2.45, 2.75) is 57.5 Å². The van der Waals surface area contributed by atoms with Crippen LogP contribution in [0.5, 0.6) is 0 Å². The molecule has 2 aliphatic rings. The summed E-state index contributed by atoms with van der Waals surface area (Å²) in [6, 6.07) is 0.444. The molecule has 1 aromatic rings. The highest BCUT2D eigenvalue weighted by Crippen LogP contribution is 2.38. The van der Waals surface area contributed by atoms with E-state index in [0.717, 1.165) is 43.5 Å². The summed E-state index contributed by atoms with van der Waals surface area (Å²) < 4.78 is 0. The van der Waals surface area contributed by atoms with Gasteiger partial charge in [0.15, 0.2) is 0 Å². The number of fused-ring (bicyclic) bond motifs is 1. The monoisotopic (exact) mass is 293 g/mol. The zero-order chi connectivity index (χ0) is 14.3. The number of aromatic nitrogens is 1. The summed E-state index contributed by atoms with van der Waals surface area (Å²) in [5.41, 5.74) is 7.16. The maximum absolute atomic E-state index is 12.7. The number of nitrogens with two attached hydrogens (primary N) is 1. The summed E-state index contributed by atoms with van der Waals surface area (Å²) in [7, 11) is 1.96. The molecule has 5 heteroatoms. The molecular formula is C15H23N3OS. The zero-order valence-electron chi connectivity index (χ0n) is 12.3. The summed E-state index contributed by atoms with van der Waals surface area (Å²) in [6.45, 7) is 2.05. The second kappa shape index (κ2) is 5.45. The highest BCUT2D eigenvalue weighted by Gasteiger charge is 2.35. The molecule has 1 saturated carbocycles. The van der Waals surface area contributed by atoms with Crippen LogP contribution in [0, 0.1) is 12.8 Å². The largest absolute Gasteiger partial charge is 0.338 e. The lowest BCUT2D eigenvalue weighted by Gasteiger charge is -2.32. The van der Waals surface area contributed by atoms with Crippen LogP contribution in [0.25, 0.3) is 0 Å². The first-order valence-electron chi connectivity index (χ1n) is 7.54. The SMILES string of the molecule is Cc1nc2c(s1)C(N(C)C(=O)C1CCC(N)C1)CCC2. The predicted molar refractivity (Wildman–Crippen MR) is 80.6 cm³/mol. The fourth-order valence-corrected chi connectivity index (χ4v) is 4.72. The van der Waals surface area contributed by atoms with Crippen LogP contribution < -0.4 is 5.73 Å². The number of hydrogen-bond acceptors (Lipinski definition) is 4. The Morgan fingerprint density at radius 1 is 1.40 bits per heavy atom. The Labute approximate surface area is 124 Å². The van der Waals surface area contributed by atoms with E-state index in [1.165, 1.54) is 10.6 Å². The van der Waals surface area contributed by atoms with Crippen LogP contribution in [0.15, 0.2) is 0 Å². The first-order chi connectivity index (χ1) is 9.56. The average Bonchev–Trinajstić information content (AvgIpc) is 3.01. The number of nitrogens with zero attached hydrogens (tertiary/aromatic N) is 2. The van der Waals surface area contributed by atoms with Crippen molar-refractivity contribution in [2.75, 3.05) is 7.05 Å². The molecule has 2 N–H and O–H groups in total. The van der Waals surface area contributed by atoms with Gasteiger partial charge in [-0.2, -0.15) is 0 Å². The summed E-state index contributed by atoms with van der Waals surface area (Å²) in [5.74, 6) is 0.413. The number of hydrogen-bond donors (Lipinski definition) is 1. The fraction of sp³-hybridized carbons (Fsp3) is 0.733. The highest BCUT2D eigenvalue weighted by molar-refractivity contribution is 7.11. The van der Waals surface area contributed by atoms with Gasteiger partial charge >= 0.3 is 0 Å². The van der Waals surface area contributed by atoms with E-state index in [0.29, 0.717) is 0 Å². The molecule has 4 nitrogen and oxygen atoms in total. The van der Waals surface area contributed by atoms with Gasteiger partial charge in [0.2, 0.25) is 5.91 Å². The van der Waals surface area contributed by atoms with E-state index >= 15 is 0 Å². The van der Waals surface area contributed by atoms with Gasteiger partial charge in [0.25, 0.3) is 0 Å². The van der Waals surface area contributed by atoms with Gasteiger partial charge in [0.1, 0.15) is 0 Å². The van der Waals surface area contributed by atoms with Crippen molar-refractivity contribution in [1.29, 1.82) is 0 Å². The molecule has 3 unspecified atom stereocenters. The Morgan fingerprint density at radius 3 is 2.90 bits per heavy atom. The maximum atomic E-state index is 12.7. The van der Waals surface area contributed by atoms with Gasteiger partial charge in [-0.3, -0.25) is 4.79 Å². The fourth-order valence-electron chi connectivity index (χ4n) is 3.57. The van der Waals surface area contributed by atoms with E-state index in [9.17, 15) is 4.79 Å². The Bertz CT molecular complexity index is 513. The molecule has 0 aliphatic heterocycles. The number of amides is 1. The Kier molecular flexibility index (Phi) is 3.82. The minimum absolute atomic E-state index is 0.134. The smallest absolute Gasteiger partial charge is 0.226 e. The second-order valence-electron chi connectivity index (χ2n) is 6.17. The summed E-state index contributed by atoms with van der Waals surface area (Å²) >= 11 is 1.76. The third-order valence-corrected chi connectivity index (χ3v) is 5.78. The van der Waals surface area contributed by atoms with Crippen LogP contribution in [0.2, 0.25) is 0 Å². The molecule has 1 aromatic heterocycles. The zero-order valence-corrected chi connectivity index (χ0v) is 13.1. The number of carbonyl (C=O) groups is 1. The summed E-state index contributed by atoms with van der Waals surface area (Å²) in [4.78, 5) is 20.6. The molecule has 0 saturated heterocycles. The molecule has 3 rings (SSSR count). The molecule has 110 valence electrons. The third-order valence-electron chi connectivity index (χ3n) is 4.67. The van der Waals surface area contributed by atoms with Crippen molar-refractivity contribution in [3.8, 4) is 0 Å². The number of carbonyl (C=O) groups excluding carboxylic acids is 1.